The van der Waals surface area contributed by atoms with E-state index in [1.54, 1.807) is 7.11 Å². The lowest BCUT2D eigenvalue weighted by Gasteiger charge is -2.35. The molecular formula is C23H27ClN6O2. The van der Waals surface area contributed by atoms with Crippen molar-refractivity contribution in [2.75, 3.05) is 20.3 Å². The summed E-state index contributed by atoms with van der Waals surface area (Å²) >= 11 is 6.06. The molecule has 0 aliphatic carbocycles. The molecule has 32 heavy (non-hydrogen) atoms. The highest BCUT2D eigenvalue weighted by molar-refractivity contribution is 6.30. The minimum Gasteiger partial charge on any atom is -0.497 e. The SMILES string of the molecule is COC1=CC=CN(C=CC2NC3C(c4ccc(Cl)cc4)OCCN3N2)C1n1cnc(C)c1. The van der Waals surface area contributed by atoms with Crippen LogP contribution in [0.1, 0.15) is 23.5 Å². The fourth-order valence-corrected chi connectivity index (χ4v) is 4.47. The number of imidazole rings is 1. The molecule has 1 aromatic heterocycles. The van der Waals surface area contributed by atoms with Crippen LogP contribution in [0.15, 0.2) is 73.2 Å². The lowest BCUT2D eigenvalue weighted by atomic mass is 10.1. The van der Waals surface area contributed by atoms with Gasteiger partial charge in [0.15, 0.2) is 6.17 Å². The first-order chi connectivity index (χ1) is 15.6. The van der Waals surface area contributed by atoms with Gasteiger partial charge in [-0.15, -0.1) is 0 Å². The van der Waals surface area contributed by atoms with Crippen molar-refractivity contribution in [3.05, 3.63) is 89.5 Å². The van der Waals surface area contributed by atoms with Crippen LogP contribution in [0.2, 0.25) is 5.02 Å². The summed E-state index contributed by atoms with van der Waals surface area (Å²) in [5, 5.41) is 6.57. The summed E-state index contributed by atoms with van der Waals surface area (Å²) in [5.41, 5.74) is 5.61. The number of methoxy groups -OCH3 is 1. The lowest BCUT2D eigenvalue weighted by Crippen LogP contribution is -2.50. The van der Waals surface area contributed by atoms with E-state index in [-0.39, 0.29) is 24.6 Å². The Kier molecular flexibility index (Phi) is 6.03. The van der Waals surface area contributed by atoms with Gasteiger partial charge in [-0.25, -0.2) is 15.4 Å². The number of aromatic nitrogens is 2. The molecule has 0 saturated carbocycles. The number of rotatable bonds is 5. The molecule has 4 unspecified atom stereocenters. The van der Waals surface area contributed by atoms with Crippen LogP contribution < -0.4 is 10.7 Å². The van der Waals surface area contributed by atoms with E-state index in [0.717, 1.165) is 28.6 Å². The predicted octanol–water partition coefficient (Wildman–Crippen LogP) is 3.05. The summed E-state index contributed by atoms with van der Waals surface area (Å²) < 4.78 is 13.8. The van der Waals surface area contributed by atoms with Crippen LogP contribution in [-0.4, -0.2) is 52.1 Å². The summed E-state index contributed by atoms with van der Waals surface area (Å²) in [6, 6.07) is 7.85. The van der Waals surface area contributed by atoms with Crippen LogP contribution in [-0.2, 0) is 9.47 Å². The quantitative estimate of drug-likeness (QED) is 0.719. The highest BCUT2D eigenvalue weighted by atomic mass is 35.5. The largest absolute Gasteiger partial charge is 0.497 e. The molecule has 2 fully saturated rings. The molecule has 4 heterocycles. The van der Waals surface area contributed by atoms with Crippen LogP contribution in [0.3, 0.4) is 0 Å². The maximum atomic E-state index is 6.10. The van der Waals surface area contributed by atoms with Gasteiger partial charge in [-0.1, -0.05) is 23.7 Å². The second-order valence-electron chi connectivity index (χ2n) is 7.99. The van der Waals surface area contributed by atoms with Gasteiger partial charge in [0.1, 0.15) is 18.0 Å². The first-order valence-electron chi connectivity index (χ1n) is 10.7. The Bertz CT molecular complexity index is 1030. The Balaban J connectivity index is 1.32. The first-order valence-corrected chi connectivity index (χ1v) is 11.0. The van der Waals surface area contributed by atoms with E-state index in [4.69, 9.17) is 21.1 Å². The molecule has 5 rings (SSSR count). The molecule has 168 valence electrons. The molecule has 1 aromatic carbocycles. The summed E-state index contributed by atoms with van der Waals surface area (Å²) in [4.78, 5) is 6.48. The molecule has 9 heteroatoms. The van der Waals surface area contributed by atoms with Gasteiger partial charge in [0.2, 0.25) is 0 Å². The minimum atomic E-state index is -0.128. The fraction of sp³-hybridized carbons (Fsp3) is 0.348. The Morgan fingerprint density at radius 1 is 1.28 bits per heavy atom. The monoisotopic (exact) mass is 454 g/mol. The number of halogens is 1. The highest BCUT2D eigenvalue weighted by Crippen LogP contribution is 2.31. The van der Waals surface area contributed by atoms with Crippen molar-refractivity contribution in [2.45, 2.75) is 31.5 Å². The number of hydrazine groups is 1. The van der Waals surface area contributed by atoms with Gasteiger partial charge in [0, 0.05) is 30.2 Å². The maximum Gasteiger partial charge on any atom is 0.169 e. The number of fused-ring (bicyclic) bond motifs is 1. The summed E-state index contributed by atoms with van der Waals surface area (Å²) in [7, 11) is 1.69. The third kappa shape index (κ3) is 4.20. The van der Waals surface area contributed by atoms with Crippen molar-refractivity contribution in [3.63, 3.8) is 0 Å². The predicted molar refractivity (Wildman–Crippen MR) is 122 cm³/mol. The van der Waals surface area contributed by atoms with Gasteiger partial charge >= 0.3 is 0 Å². The van der Waals surface area contributed by atoms with Crippen LogP contribution in [0.4, 0.5) is 0 Å². The Morgan fingerprint density at radius 3 is 2.88 bits per heavy atom. The number of nitrogens with one attached hydrogen (secondary N) is 2. The Labute approximate surface area is 192 Å². The van der Waals surface area contributed by atoms with Crippen LogP contribution in [0, 0.1) is 6.92 Å². The number of benzene rings is 1. The number of hydrogen-bond acceptors (Lipinski definition) is 7. The summed E-state index contributed by atoms with van der Waals surface area (Å²) in [6.45, 7) is 3.45. The number of hydrogen-bond donors (Lipinski definition) is 2. The number of allylic oxidation sites excluding steroid dienone is 2. The number of morpholine rings is 1. The van der Waals surface area contributed by atoms with Crippen molar-refractivity contribution in [1.29, 1.82) is 0 Å². The molecule has 3 aliphatic heterocycles. The van der Waals surface area contributed by atoms with Crippen LogP contribution >= 0.6 is 11.6 Å². The molecule has 2 saturated heterocycles. The van der Waals surface area contributed by atoms with Crippen LogP contribution in [0.5, 0.6) is 0 Å². The van der Waals surface area contributed by atoms with Gasteiger partial charge in [-0.2, -0.15) is 0 Å². The highest BCUT2D eigenvalue weighted by Gasteiger charge is 2.39. The van der Waals surface area contributed by atoms with E-state index in [0.29, 0.717) is 6.61 Å². The average Bonchev–Trinajstić information content (AvgIpc) is 3.43. The lowest BCUT2D eigenvalue weighted by molar-refractivity contribution is -0.0769. The number of ether oxygens (including phenoxy) is 2. The standard InChI is InChI=1S/C23H27ClN6O2/c1-16-14-29(15-25-16)23-19(31-2)4-3-10-28(23)11-9-20-26-22-21(32-13-12-30(22)27-20)17-5-7-18(24)8-6-17/h3-11,14-15,20-23,26-27H,12-13H2,1-2H3. The second kappa shape index (κ2) is 9.09. The third-order valence-electron chi connectivity index (χ3n) is 5.86. The normalized spacial score (nSPS) is 28.2. The van der Waals surface area contributed by atoms with E-state index in [1.807, 2.05) is 66.6 Å². The molecule has 0 spiro atoms. The molecule has 0 radical (unpaired) electrons. The second-order valence-corrected chi connectivity index (χ2v) is 8.43. The van der Waals surface area contributed by atoms with Crippen molar-refractivity contribution in [1.82, 2.24) is 30.2 Å². The average molecular weight is 455 g/mol. The van der Waals surface area contributed by atoms with Gasteiger partial charge < -0.3 is 18.9 Å². The fourth-order valence-electron chi connectivity index (χ4n) is 4.34. The molecule has 4 atom stereocenters. The molecule has 2 N–H and O–H groups in total. The molecular weight excluding hydrogens is 428 g/mol. The zero-order valence-electron chi connectivity index (χ0n) is 18.1. The van der Waals surface area contributed by atoms with Crippen LogP contribution in [0.25, 0.3) is 0 Å². The van der Waals surface area contributed by atoms with Gasteiger partial charge in [-0.05, 0) is 42.8 Å². The van der Waals surface area contributed by atoms with E-state index in [1.165, 1.54) is 0 Å². The van der Waals surface area contributed by atoms with E-state index in [9.17, 15) is 0 Å². The molecule has 8 nitrogen and oxygen atoms in total. The zero-order valence-corrected chi connectivity index (χ0v) is 18.8. The molecule has 3 aliphatic rings. The summed E-state index contributed by atoms with van der Waals surface area (Å²) in [6.07, 6.45) is 13.8. The van der Waals surface area contributed by atoms with Crippen molar-refractivity contribution in [2.24, 2.45) is 0 Å². The zero-order chi connectivity index (χ0) is 22.1. The van der Waals surface area contributed by atoms with Crippen molar-refractivity contribution in [3.8, 4) is 0 Å². The first kappa shape index (κ1) is 21.2. The van der Waals surface area contributed by atoms with E-state index >= 15 is 0 Å². The molecule has 0 amide bonds. The topological polar surface area (TPSA) is 66.8 Å². The van der Waals surface area contributed by atoms with Crippen molar-refractivity contribution >= 4 is 11.6 Å². The smallest absolute Gasteiger partial charge is 0.169 e. The third-order valence-corrected chi connectivity index (χ3v) is 6.11. The van der Waals surface area contributed by atoms with E-state index < -0.39 is 0 Å². The molecule has 0 bridgehead atoms. The Hall–Kier alpha value is -2.62. The van der Waals surface area contributed by atoms with Gasteiger partial charge in [-0.3, -0.25) is 5.32 Å². The van der Waals surface area contributed by atoms with Gasteiger partial charge in [0.25, 0.3) is 0 Å². The molecule has 2 aromatic rings. The van der Waals surface area contributed by atoms with Gasteiger partial charge in [0.05, 0.1) is 31.9 Å². The maximum absolute atomic E-state index is 6.10. The van der Waals surface area contributed by atoms with Crippen molar-refractivity contribution < 1.29 is 9.47 Å². The number of nitrogens with zero attached hydrogens (tertiary/aromatic N) is 4. The number of aryl methyl sites for hydroxylation is 1. The minimum absolute atomic E-state index is 0.0259. The van der Waals surface area contributed by atoms with E-state index in [2.05, 4.69) is 37.9 Å². The Morgan fingerprint density at radius 2 is 2.12 bits per heavy atom. The summed E-state index contributed by atoms with van der Waals surface area (Å²) in [5.74, 6) is 0.843.